The van der Waals surface area contributed by atoms with Gasteiger partial charge in [0.1, 0.15) is 5.56 Å². The third kappa shape index (κ3) is 2.28. The minimum Gasteiger partial charge on any atom is -0.395 e. The molecule has 1 saturated carbocycles. The Morgan fingerprint density at radius 2 is 2.17 bits per heavy atom. The third-order valence-electron chi connectivity index (χ3n) is 3.27. The number of H-pyrrole nitrogens is 1. The molecule has 0 spiro atoms. The van der Waals surface area contributed by atoms with Gasteiger partial charge in [0.15, 0.2) is 0 Å². The Balaban J connectivity index is 2.38. The molecule has 1 aliphatic rings. The summed E-state index contributed by atoms with van der Waals surface area (Å²) in [5.74, 6) is -0.309. The molecule has 0 aromatic carbocycles. The summed E-state index contributed by atoms with van der Waals surface area (Å²) in [6.07, 6.45) is 1.87. The first-order chi connectivity index (χ1) is 8.56. The maximum Gasteiger partial charge on any atom is 0.277 e. The number of aliphatic hydroxyl groups is 1. The number of nitrogens with one attached hydrogen (secondary N) is 1. The van der Waals surface area contributed by atoms with Crippen molar-refractivity contribution in [3.8, 4) is 0 Å². The van der Waals surface area contributed by atoms with E-state index in [4.69, 9.17) is 5.11 Å². The number of aliphatic hydroxyl groups excluding tert-OH is 1. The summed E-state index contributed by atoms with van der Waals surface area (Å²) in [6.45, 7) is 3.64. The van der Waals surface area contributed by atoms with Gasteiger partial charge < -0.3 is 10.0 Å². The van der Waals surface area contributed by atoms with Gasteiger partial charge in [0, 0.05) is 12.6 Å². The molecule has 0 unspecified atom stereocenters. The second-order valence-corrected chi connectivity index (χ2v) is 4.59. The highest BCUT2D eigenvalue weighted by Gasteiger charge is 2.34. The van der Waals surface area contributed by atoms with Crippen molar-refractivity contribution in [1.29, 1.82) is 0 Å². The topological polar surface area (TPSA) is 86.3 Å². The van der Waals surface area contributed by atoms with Crippen molar-refractivity contribution in [2.75, 3.05) is 13.2 Å². The van der Waals surface area contributed by atoms with Crippen LogP contribution in [0, 0.1) is 13.8 Å². The van der Waals surface area contributed by atoms with E-state index in [1.54, 1.807) is 18.7 Å². The van der Waals surface area contributed by atoms with E-state index < -0.39 is 5.56 Å². The van der Waals surface area contributed by atoms with Crippen LogP contribution in [0.25, 0.3) is 0 Å². The van der Waals surface area contributed by atoms with Gasteiger partial charge in [-0.05, 0) is 32.3 Å². The summed E-state index contributed by atoms with van der Waals surface area (Å²) in [5.41, 5.74) is 0.916. The maximum atomic E-state index is 12.4. The molecule has 6 heteroatoms. The largest absolute Gasteiger partial charge is 0.395 e. The van der Waals surface area contributed by atoms with E-state index in [2.05, 4.69) is 10.2 Å². The van der Waals surface area contributed by atoms with E-state index in [0.29, 0.717) is 11.3 Å². The van der Waals surface area contributed by atoms with Crippen molar-refractivity contribution < 1.29 is 9.90 Å². The standard InChI is InChI=1S/C12H17N3O3/c1-7-8(2)13-14-11(17)10(7)12(18)15(5-6-16)9-3-4-9/h9,16H,3-6H2,1-2H3,(H,14,17). The number of carbonyl (C=O) groups is 1. The maximum absolute atomic E-state index is 12.4. The summed E-state index contributed by atoms with van der Waals surface area (Å²) >= 11 is 0. The average Bonchev–Trinajstić information content (AvgIpc) is 3.15. The monoisotopic (exact) mass is 251 g/mol. The summed E-state index contributed by atoms with van der Waals surface area (Å²) in [7, 11) is 0. The average molecular weight is 251 g/mol. The van der Waals surface area contributed by atoms with E-state index >= 15 is 0 Å². The lowest BCUT2D eigenvalue weighted by Crippen LogP contribution is -2.39. The minimum atomic E-state index is -0.466. The number of carbonyl (C=O) groups excluding carboxylic acids is 1. The van der Waals surface area contributed by atoms with E-state index in [0.717, 1.165) is 12.8 Å². The number of aromatic amines is 1. The molecule has 0 radical (unpaired) electrons. The predicted octanol–water partition coefficient (Wildman–Crippen LogP) is -0.0164. The zero-order valence-corrected chi connectivity index (χ0v) is 10.6. The molecule has 0 atom stereocenters. The molecule has 1 heterocycles. The Morgan fingerprint density at radius 1 is 1.50 bits per heavy atom. The van der Waals surface area contributed by atoms with E-state index in [1.807, 2.05) is 0 Å². The molecule has 1 aliphatic carbocycles. The molecule has 1 amide bonds. The summed E-state index contributed by atoms with van der Waals surface area (Å²) < 4.78 is 0. The molecule has 2 rings (SSSR count). The van der Waals surface area contributed by atoms with Crippen LogP contribution in [0.15, 0.2) is 4.79 Å². The van der Waals surface area contributed by atoms with Gasteiger partial charge >= 0.3 is 0 Å². The van der Waals surface area contributed by atoms with Crippen LogP contribution in [0.1, 0.15) is 34.5 Å². The zero-order valence-electron chi connectivity index (χ0n) is 10.6. The lowest BCUT2D eigenvalue weighted by Gasteiger charge is -2.21. The van der Waals surface area contributed by atoms with Crippen molar-refractivity contribution in [3.05, 3.63) is 27.2 Å². The van der Waals surface area contributed by atoms with Crippen LogP contribution in [0.5, 0.6) is 0 Å². The van der Waals surface area contributed by atoms with E-state index in [9.17, 15) is 9.59 Å². The van der Waals surface area contributed by atoms with Gasteiger partial charge in [-0.15, -0.1) is 0 Å². The van der Waals surface area contributed by atoms with Gasteiger partial charge in [0.2, 0.25) is 0 Å². The SMILES string of the molecule is Cc1n[nH]c(=O)c(C(=O)N(CCO)C2CC2)c1C. The fourth-order valence-electron chi connectivity index (χ4n) is 1.97. The molecule has 0 bridgehead atoms. The number of amides is 1. The fraction of sp³-hybridized carbons (Fsp3) is 0.583. The van der Waals surface area contributed by atoms with Gasteiger partial charge in [-0.3, -0.25) is 9.59 Å². The fourth-order valence-corrected chi connectivity index (χ4v) is 1.97. The van der Waals surface area contributed by atoms with Crippen molar-refractivity contribution in [2.24, 2.45) is 0 Å². The summed E-state index contributed by atoms with van der Waals surface area (Å²) in [4.78, 5) is 25.7. The van der Waals surface area contributed by atoms with Gasteiger partial charge in [-0.25, -0.2) is 5.10 Å². The molecule has 0 saturated heterocycles. The Kier molecular flexibility index (Phi) is 3.47. The first-order valence-electron chi connectivity index (χ1n) is 6.04. The van der Waals surface area contributed by atoms with Crippen molar-refractivity contribution in [2.45, 2.75) is 32.7 Å². The quantitative estimate of drug-likeness (QED) is 0.787. The lowest BCUT2D eigenvalue weighted by atomic mass is 10.1. The molecular weight excluding hydrogens is 234 g/mol. The van der Waals surface area contributed by atoms with Gasteiger partial charge in [0.05, 0.1) is 12.3 Å². The van der Waals surface area contributed by atoms with Crippen molar-refractivity contribution in [3.63, 3.8) is 0 Å². The number of rotatable bonds is 4. The van der Waals surface area contributed by atoms with Gasteiger partial charge in [-0.1, -0.05) is 0 Å². The lowest BCUT2D eigenvalue weighted by molar-refractivity contribution is 0.0704. The summed E-state index contributed by atoms with van der Waals surface area (Å²) in [6, 6.07) is 0.164. The molecule has 1 aromatic rings. The molecule has 0 aliphatic heterocycles. The number of nitrogens with zero attached hydrogens (tertiary/aromatic N) is 2. The van der Waals surface area contributed by atoms with Crippen LogP contribution < -0.4 is 5.56 Å². The van der Waals surface area contributed by atoms with Crippen molar-refractivity contribution in [1.82, 2.24) is 15.1 Å². The Labute approximate surface area is 105 Å². The first kappa shape index (κ1) is 12.8. The zero-order chi connectivity index (χ0) is 13.3. The van der Waals surface area contributed by atoms with Crippen molar-refractivity contribution >= 4 is 5.91 Å². The molecular formula is C12H17N3O3. The highest BCUT2D eigenvalue weighted by Crippen LogP contribution is 2.28. The summed E-state index contributed by atoms with van der Waals surface area (Å²) in [5, 5.41) is 15.2. The molecule has 2 N–H and O–H groups in total. The minimum absolute atomic E-state index is 0.0940. The smallest absolute Gasteiger partial charge is 0.277 e. The number of aryl methyl sites for hydroxylation is 1. The highest BCUT2D eigenvalue weighted by atomic mass is 16.3. The molecule has 6 nitrogen and oxygen atoms in total. The number of hydrogen-bond donors (Lipinski definition) is 2. The number of aromatic nitrogens is 2. The van der Waals surface area contributed by atoms with E-state index in [-0.39, 0.29) is 30.7 Å². The van der Waals surface area contributed by atoms with Crippen LogP contribution in [-0.4, -0.2) is 45.3 Å². The molecule has 1 fully saturated rings. The number of hydrogen-bond acceptors (Lipinski definition) is 4. The van der Waals surface area contributed by atoms with Gasteiger partial charge in [-0.2, -0.15) is 5.10 Å². The van der Waals surface area contributed by atoms with Crippen LogP contribution in [0.4, 0.5) is 0 Å². The Bertz CT molecular complexity index is 520. The molecule has 1 aromatic heterocycles. The van der Waals surface area contributed by atoms with Crippen LogP contribution in [0.3, 0.4) is 0 Å². The van der Waals surface area contributed by atoms with E-state index in [1.165, 1.54) is 0 Å². The first-order valence-corrected chi connectivity index (χ1v) is 6.04. The molecule has 98 valence electrons. The predicted molar refractivity (Wildman–Crippen MR) is 65.5 cm³/mol. The second-order valence-electron chi connectivity index (χ2n) is 4.59. The van der Waals surface area contributed by atoms with Crippen LogP contribution in [-0.2, 0) is 0 Å². The highest BCUT2D eigenvalue weighted by molar-refractivity contribution is 5.95. The van der Waals surface area contributed by atoms with Crippen LogP contribution >= 0.6 is 0 Å². The van der Waals surface area contributed by atoms with Gasteiger partial charge in [0.25, 0.3) is 11.5 Å². The Morgan fingerprint density at radius 3 is 2.72 bits per heavy atom. The molecule has 18 heavy (non-hydrogen) atoms. The normalized spacial score (nSPS) is 14.6. The van der Waals surface area contributed by atoms with Crippen LogP contribution in [0.2, 0.25) is 0 Å². The second kappa shape index (κ2) is 4.89. The Hall–Kier alpha value is -1.69. The third-order valence-corrected chi connectivity index (χ3v) is 3.27.